The Hall–Kier alpha value is -2.33. The van der Waals surface area contributed by atoms with Crippen LogP contribution in [-0.2, 0) is 4.79 Å². The van der Waals surface area contributed by atoms with Crippen molar-refractivity contribution < 1.29 is 9.53 Å². The minimum absolute atomic E-state index is 0.306. The van der Waals surface area contributed by atoms with E-state index >= 15 is 0 Å². The van der Waals surface area contributed by atoms with E-state index in [9.17, 15) is 4.79 Å². The number of nitrogens with one attached hydrogen (secondary N) is 1. The molecule has 0 spiro atoms. The van der Waals surface area contributed by atoms with Crippen LogP contribution in [0.15, 0.2) is 47.6 Å². The quantitative estimate of drug-likeness (QED) is 0.601. The van der Waals surface area contributed by atoms with Gasteiger partial charge in [-0.25, -0.2) is 5.43 Å². The number of hydrazone groups is 1. The molecule has 0 radical (unpaired) electrons. The molecular formula is C20H23ClN2O2. The van der Waals surface area contributed by atoms with E-state index in [0.717, 1.165) is 16.9 Å². The Kier molecular flexibility index (Phi) is 6.59. The standard InChI is InChI=1S/C20H23ClN2O2/c1-13(2)17-8-5-14(3)19(11-17)25-15(4)20(24)23-22-12-16-6-9-18(21)10-7-16/h5-13,15H,1-4H3,(H,23,24)/b22-12-/t15-/m0/s1. The van der Waals surface area contributed by atoms with Crippen molar-refractivity contribution in [3.63, 3.8) is 0 Å². The van der Waals surface area contributed by atoms with Crippen molar-refractivity contribution >= 4 is 23.7 Å². The summed E-state index contributed by atoms with van der Waals surface area (Å²) in [5.74, 6) is 0.811. The molecule has 0 saturated heterocycles. The van der Waals surface area contributed by atoms with Gasteiger partial charge in [0.15, 0.2) is 6.10 Å². The Bertz CT molecular complexity index is 755. The van der Waals surface area contributed by atoms with Crippen LogP contribution in [-0.4, -0.2) is 18.2 Å². The second kappa shape index (κ2) is 8.67. The molecule has 0 heterocycles. The monoisotopic (exact) mass is 358 g/mol. The highest BCUT2D eigenvalue weighted by Gasteiger charge is 2.15. The summed E-state index contributed by atoms with van der Waals surface area (Å²) < 4.78 is 5.81. The van der Waals surface area contributed by atoms with Gasteiger partial charge in [-0.05, 0) is 54.7 Å². The van der Waals surface area contributed by atoms with Crippen LogP contribution < -0.4 is 10.2 Å². The first-order valence-electron chi connectivity index (χ1n) is 8.22. The molecule has 132 valence electrons. The number of nitrogens with zero attached hydrogens (tertiary/aromatic N) is 1. The minimum atomic E-state index is -0.650. The van der Waals surface area contributed by atoms with Crippen molar-refractivity contribution in [2.45, 2.75) is 39.7 Å². The van der Waals surface area contributed by atoms with Gasteiger partial charge in [0.2, 0.25) is 0 Å². The van der Waals surface area contributed by atoms with Gasteiger partial charge in [0.25, 0.3) is 5.91 Å². The highest BCUT2D eigenvalue weighted by Crippen LogP contribution is 2.25. The Morgan fingerprint density at radius 3 is 2.48 bits per heavy atom. The van der Waals surface area contributed by atoms with Gasteiger partial charge in [0, 0.05) is 5.02 Å². The van der Waals surface area contributed by atoms with Crippen molar-refractivity contribution in [3.8, 4) is 5.75 Å². The molecule has 0 unspecified atom stereocenters. The average Bonchev–Trinajstić information content (AvgIpc) is 2.58. The second-order valence-corrected chi connectivity index (χ2v) is 6.66. The Morgan fingerprint density at radius 1 is 1.16 bits per heavy atom. The maximum atomic E-state index is 12.2. The van der Waals surface area contributed by atoms with E-state index in [1.807, 2.05) is 31.2 Å². The van der Waals surface area contributed by atoms with Crippen LogP contribution in [0.25, 0.3) is 0 Å². The van der Waals surface area contributed by atoms with Crippen LogP contribution in [0.1, 0.15) is 43.4 Å². The SMILES string of the molecule is Cc1ccc(C(C)C)cc1O[C@@H](C)C(=O)N/N=C\c1ccc(Cl)cc1. The number of amides is 1. The minimum Gasteiger partial charge on any atom is -0.481 e. The van der Waals surface area contributed by atoms with Crippen molar-refractivity contribution in [2.75, 3.05) is 0 Å². The van der Waals surface area contributed by atoms with Gasteiger partial charge in [0.05, 0.1) is 6.21 Å². The summed E-state index contributed by atoms with van der Waals surface area (Å²) in [6.45, 7) is 7.91. The van der Waals surface area contributed by atoms with Crippen LogP contribution in [0.3, 0.4) is 0 Å². The third-order valence-electron chi connectivity index (χ3n) is 3.81. The molecule has 0 bridgehead atoms. The molecule has 2 rings (SSSR count). The summed E-state index contributed by atoms with van der Waals surface area (Å²) in [5.41, 5.74) is 5.51. The summed E-state index contributed by atoms with van der Waals surface area (Å²) in [7, 11) is 0. The summed E-state index contributed by atoms with van der Waals surface area (Å²) in [5, 5.41) is 4.61. The van der Waals surface area contributed by atoms with Gasteiger partial charge in [-0.3, -0.25) is 4.79 Å². The normalized spacial score (nSPS) is 12.4. The van der Waals surface area contributed by atoms with Gasteiger partial charge in [0.1, 0.15) is 5.75 Å². The van der Waals surface area contributed by atoms with Crippen LogP contribution in [0, 0.1) is 6.92 Å². The molecule has 0 aromatic heterocycles. The highest BCUT2D eigenvalue weighted by molar-refractivity contribution is 6.30. The molecule has 2 aromatic rings. The molecule has 2 aromatic carbocycles. The van der Waals surface area contributed by atoms with Crippen LogP contribution in [0.5, 0.6) is 5.75 Å². The maximum Gasteiger partial charge on any atom is 0.280 e. The Balaban J connectivity index is 1.96. The molecule has 5 heteroatoms. The topological polar surface area (TPSA) is 50.7 Å². The summed E-state index contributed by atoms with van der Waals surface area (Å²) in [6.07, 6.45) is 0.912. The van der Waals surface area contributed by atoms with Crippen molar-refractivity contribution in [1.29, 1.82) is 0 Å². The average molecular weight is 359 g/mol. The van der Waals surface area contributed by atoms with E-state index in [4.69, 9.17) is 16.3 Å². The maximum absolute atomic E-state index is 12.2. The van der Waals surface area contributed by atoms with E-state index in [1.165, 1.54) is 5.56 Å². The first-order valence-corrected chi connectivity index (χ1v) is 8.60. The number of carbonyl (C=O) groups excluding carboxylic acids is 1. The van der Waals surface area contributed by atoms with Crippen molar-refractivity contribution in [2.24, 2.45) is 5.10 Å². The van der Waals surface area contributed by atoms with Crippen LogP contribution in [0.2, 0.25) is 5.02 Å². The molecule has 0 fully saturated rings. The first-order chi connectivity index (χ1) is 11.9. The number of halogens is 1. The zero-order chi connectivity index (χ0) is 18.4. The van der Waals surface area contributed by atoms with Crippen LogP contribution >= 0.6 is 11.6 Å². The largest absolute Gasteiger partial charge is 0.481 e. The molecule has 0 aliphatic rings. The van der Waals surface area contributed by atoms with Gasteiger partial charge in [-0.1, -0.05) is 49.7 Å². The number of rotatable bonds is 6. The molecule has 1 atom stereocenters. The van der Waals surface area contributed by atoms with Crippen molar-refractivity contribution in [1.82, 2.24) is 5.43 Å². The fourth-order valence-corrected chi connectivity index (χ4v) is 2.28. The molecule has 0 aliphatic heterocycles. The second-order valence-electron chi connectivity index (χ2n) is 6.23. The molecule has 1 amide bonds. The lowest BCUT2D eigenvalue weighted by molar-refractivity contribution is -0.127. The number of hydrogen-bond acceptors (Lipinski definition) is 3. The smallest absolute Gasteiger partial charge is 0.280 e. The summed E-state index contributed by atoms with van der Waals surface area (Å²) in [4.78, 5) is 12.2. The first kappa shape index (κ1) is 19.0. The number of hydrogen-bond donors (Lipinski definition) is 1. The predicted molar refractivity (Wildman–Crippen MR) is 103 cm³/mol. The third-order valence-corrected chi connectivity index (χ3v) is 4.06. The van der Waals surface area contributed by atoms with Crippen molar-refractivity contribution in [3.05, 3.63) is 64.2 Å². The van der Waals surface area contributed by atoms with E-state index in [-0.39, 0.29) is 5.91 Å². The lowest BCUT2D eigenvalue weighted by atomic mass is 10.0. The lowest BCUT2D eigenvalue weighted by Crippen LogP contribution is -2.33. The molecule has 25 heavy (non-hydrogen) atoms. The lowest BCUT2D eigenvalue weighted by Gasteiger charge is -2.16. The van der Waals surface area contributed by atoms with Gasteiger partial charge in [-0.2, -0.15) is 5.10 Å². The molecule has 0 aliphatic carbocycles. The highest BCUT2D eigenvalue weighted by atomic mass is 35.5. The molecule has 4 nitrogen and oxygen atoms in total. The zero-order valence-electron chi connectivity index (χ0n) is 14.9. The molecule has 1 N–H and O–H groups in total. The zero-order valence-corrected chi connectivity index (χ0v) is 15.7. The summed E-state index contributed by atoms with van der Waals surface area (Å²) >= 11 is 5.83. The predicted octanol–water partition coefficient (Wildman–Crippen LogP) is 4.69. The number of ether oxygens (including phenoxy) is 1. The van der Waals surface area contributed by atoms with E-state index in [0.29, 0.717) is 10.9 Å². The van der Waals surface area contributed by atoms with Crippen LogP contribution in [0.4, 0.5) is 0 Å². The fourth-order valence-electron chi connectivity index (χ4n) is 2.16. The number of benzene rings is 2. The van der Waals surface area contributed by atoms with E-state index in [2.05, 4.69) is 30.4 Å². The Morgan fingerprint density at radius 2 is 1.84 bits per heavy atom. The molecule has 0 saturated carbocycles. The summed E-state index contributed by atoms with van der Waals surface area (Å²) in [6, 6.07) is 13.2. The van der Waals surface area contributed by atoms with E-state index < -0.39 is 6.10 Å². The fraction of sp³-hybridized carbons (Fsp3) is 0.300. The van der Waals surface area contributed by atoms with Gasteiger partial charge in [-0.15, -0.1) is 0 Å². The van der Waals surface area contributed by atoms with Gasteiger partial charge < -0.3 is 4.74 Å². The Labute approximate surface area is 153 Å². The number of aryl methyl sites for hydroxylation is 1. The van der Waals surface area contributed by atoms with E-state index in [1.54, 1.807) is 25.3 Å². The third kappa shape index (κ3) is 5.61. The number of carbonyl (C=O) groups is 1. The van der Waals surface area contributed by atoms with Gasteiger partial charge >= 0.3 is 0 Å². The molecular weight excluding hydrogens is 336 g/mol.